The van der Waals surface area contributed by atoms with E-state index in [0.717, 1.165) is 24.2 Å². The monoisotopic (exact) mass is 442 g/mol. The number of aromatic amines is 1. The molecule has 1 aromatic heterocycles. The minimum absolute atomic E-state index is 0.0549. The van der Waals surface area contributed by atoms with Crippen molar-refractivity contribution < 1.29 is 17.6 Å². The lowest BCUT2D eigenvalue weighted by molar-refractivity contribution is 0.0991. The van der Waals surface area contributed by atoms with Crippen molar-refractivity contribution in [2.24, 2.45) is 0 Å². The molecule has 1 aliphatic heterocycles. The van der Waals surface area contributed by atoms with Crippen LogP contribution in [0.25, 0.3) is 0 Å². The van der Waals surface area contributed by atoms with Gasteiger partial charge in [-0.2, -0.15) is 9.40 Å². The molecular weight excluding hydrogens is 419 g/mol. The van der Waals surface area contributed by atoms with Crippen LogP contribution in [0.5, 0.6) is 0 Å². The summed E-state index contributed by atoms with van der Waals surface area (Å²) in [6.07, 6.45) is 2.86. The Morgan fingerprint density at radius 3 is 2.58 bits per heavy atom. The zero-order valence-corrected chi connectivity index (χ0v) is 17.8. The van der Waals surface area contributed by atoms with Gasteiger partial charge in [0, 0.05) is 31.7 Å². The molecule has 1 N–H and O–H groups in total. The van der Waals surface area contributed by atoms with E-state index in [4.69, 9.17) is 0 Å². The number of H-pyrrole nitrogens is 1. The molecule has 1 atom stereocenters. The fourth-order valence-corrected chi connectivity index (χ4v) is 5.40. The molecule has 31 heavy (non-hydrogen) atoms. The lowest BCUT2D eigenvalue weighted by atomic mass is 9.93. The Bertz CT molecular complexity index is 1160. The van der Waals surface area contributed by atoms with Crippen molar-refractivity contribution in [3.05, 3.63) is 77.9 Å². The summed E-state index contributed by atoms with van der Waals surface area (Å²) in [6.45, 7) is 0.592. The van der Waals surface area contributed by atoms with E-state index in [1.165, 1.54) is 22.6 Å². The van der Waals surface area contributed by atoms with Gasteiger partial charge in [0.15, 0.2) is 0 Å². The van der Waals surface area contributed by atoms with Gasteiger partial charge in [-0.05, 0) is 49.2 Å². The summed E-state index contributed by atoms with van der Waals surface area (Å²) in [5.41, 5.74) is 1.81. The number of amides is 1. The van der Waals surface area contributed by atoms with E-state index in [9.17, 15) is 17.6 Å². The SMILES string of the molecule is CN(C(=O)c1cn[nH]c1C1CCCN(S(=O)(=O)c2ccc(F)cc2)C1)c1ccccc1. The maximum Gasteiger partial charge on any atom is 0.261 e. The fraction of sp³-hybridized carbons (Fsp3) is 0.273. The minimum Gasteiger partial charge on any atom is -0.311 e. The highest BCUT2D eigenvalue weighted by atomic mass is 32.2. The van der Waals surface area contributed by atoms with Gasteiger partial charge in [0.2, 0.25) is 10.0 Å². The number of para-hydroxylation sites is 1. The summed E-state index contributed by atoms with van der Waals surface area (Å²) in [7, 11) is -2.06. The van der Waals surface area contributed by atoms with Gasteiger partial charge in [-0.15, -0.1) is 0 Å². The number of sulfonamides is 1. The van der Waals surface area contributed by atoms with Crippen LogP contribution in [0.15, 0.2) is 65.7 Å². The van der Waals surface area contributed by atoms with E-state index in [1.807, 2.05) is 30.3 Å². The zero-order valence-electron chi connectivity index (χ0n) is 17.0. The summed E-state index contributed by atoms with van der Waals surface area (Å²) in [4.78, 5) is 14.7. The Balaban J connectivity index is 1.57. The smallest absolute Gasteiger partial charge is 0.261 e. The van der Waals surface area contributed by atoms with E-state index < -0.39 is 15.8 Å². The number of piperidine rings is 1. The van der Waals surface area contributed by atoms with E-state index >= 15 is 0 Å². The fourth-order valence-electron chi connectivity index (χ4n) is 3.88. The minimum atomic E-state index is -3.76. The Hall–Kier alpha value is -3.04. The Morgan fingerprint density at radius 1 is 1.16 bits per heavy atom. The van der Waals surface area contributed by atoms with E-state index in [2.05, 4.69) is 10.2 Å². The second-order valence-corrected chi connectivity index (χ2v) is 9.49. The van der Waals surface area contributed by atoms with Crippen molar-refractivity contribution in [2.45, 2.75) is 23.7 Å². The molecule has 0 saturated carbocycles. The van der Waals surface area contributed by atoms with Crippen molar-refractivity contribution in [1.29, 1.82) is 0 Å². The molecule has 0 bridgehead atoms. The quantitative estimate of drug-likeness (QED) is 0.656. The normalized spacial score (nSPS) is 17.4. The average Bonchev–Trinajstić information content (AvgIpc) is 3.29. The van der Waals surface area contributed by atoms with E-state index in [-0.39, 0.29) is 23.3 Å². The standard InChI is InChI=1S/C22H23FN4O3S/c1-26(18-7-3-2-4-8-18)22(28)20-14-24-25-21(20)16-6-5-13-27(15-16)31(29,30)19-11-9-17(23)10-12-19/h2-4,7-12,14,16H,5-6,13,15H2,1H3,(H,24,25). The molecule has 1 unspecified atom stereocenters. The predicted molar refractivity (Wildman–Crippen MR) is 115 cm³/mol. The van der Waals surface area contributed by atoms with Crippen molar-refractivity contribution >= 4 is 21.6 Å². The highest BCUT2D eigenvalue weighted by Crippen LogP contribution is 2.31. The van der Waals surface area contributed by atoms with Crippen LogP contribution >= 0.6 is 0 Å². The van der Waals surface area contributed by atoms with Crippen LogP contribution in [0.4, 0.5) is 10.1 Å². The molecule has 3 aromatic rings. The number of aromatic nitrogens is 2. The number of halogens is 1. The van der Waals surface area contributed by atoms with E-state index in [0.29, 0.717) is 24.2 Å². The van der Waals surface area contributed by atoms with Crippen molar-refractivity contribution in [3.63, 3.8) is 0 Å². The van der Waals surface area contributed by atoms with E-state index in [1.54, 1.807) is 11.9 Å². The highest BCUT2D eigenvalue weighted by molar-refractivity contribution is 7.89. The van der Waals surface area contributed by atoms with Gasteiger partial charge < -0.3 is 4.90 Å². The summed E-state index contributed by atoms with van der Waals surface area (Å²) in [6, 6.07) is 14.1. The number of nitrogens with zero attached hydrogens (tertiary/aromatic N) is 3. The Kier molecular flexibility index (Phi) is 5.88. The first kappa shape index (κ1) is 21.2. The highest BCUT2D eigenvalue weighted by Gasteiger charge is 2.33. The van der Waals surface area contributed by atoms with Crippen molar-refractivity contribution in [2.75, 3.05) is 25.0 Å². The lowest BCUT2D eigenvalue weighted by Gasteiger charge is -2.32. The first-order valence-corrected chi connectivity index (χ1v) is 11.4. The molecule has 9 heteroatoms. The van der Waals surface area contributed by atoms with Gasteiger partial charge >= 0.3 is 0 Å². The number of carbonyl (C=O) groups excluding carboxylic acids is 1. The summed E-state index contributed by atoms with van der Waals surface area (Å²) in [5, 5.41) is 6.98. The average molecular weight is 443 g/mol. The third-order valence-corrected chi connectivity index (χ3v) is 7.47. The number of carbonyl (C=O) groups is 1. The molecule has 0 spiro atoms. The first-order chi connectivity index (χ1) is 14.9. The third kappa shape index (κ3) is 4.24. The number of rotatable bonds is 5. The van der Waals surface area contributed by atoms with Gasteiger partial charge in [-0.1, -0.05) is 18.2 Å². The van der Waals surface area contributed by atoms with Crippen molar-refractivity contribution in [3.8, 4) is 0 Å². The molecule has 1 fully saturated rings. The van der Waals surface area contributed by atoms with Crippen LogP contribution in [-0.4, -0.2) is 49.0 Å². The molecule has 7 nitrogen and oxygen atoms in total. The summed E-state index contributed by atoms with van der Waals surface area (Å²) < 4.78 is 40.7. The molecule has 2 heterocycles. The molecule has 162 valence electrons. The van der Waals surface area contributed by atoms with Gasteiger partial charge in [-0.25, -0.2) is 12.8 Å². The molecule has 1 aliphatic rings. The molecule has 1 saturated heterocycles. The molecule has 0 radical (unpaired) electrons. The maximum absolute atomic E-state index is 13.2. The number of anilines is 1. The third-order valence-electron chi connectivity index (χ3n) is 5.59. The second kappa shape index (κ2) is 8.60. The zero-order chi connectivity index (χ0) is 22.0. The van der Waals surface area contributed by atoms with Crippen LogP contribution in [-0.2, 0) is 10.0 Å². The largest absolute Gasteiger partial charge is 0.311 e. The Morgan fingerprint density at radius 2 is 1.87 bits per heavy atom. The number of benzene rings is 2. The summed E-state index contributed by atoms with van der Waals surface area (Å²) in [5.74, 6) is -0.901. The molecular formula is C22H23FN4O3S. The topological polar surface area (TPSA) is 86.4 Å². The number of nitrogens with one attached hydrogen (secondary N) is 1. The molecule has 0 aliphatic carbocycles. The van der Waals surface area contributed by atoms with Gasteiger partial charge in [0.05, 0.1) is 22.3 Å². The van der Waals surface area contributed by atoms with Crippen LogP contribution < -0.4 is 4.90 Å². The van der Waals surface area contributed by atoms with Crippen molar-refractivity contribution in [1.82, 2.24) is 14.5 Å². The summed E-state index contributed by atoms with van der Waals surface area (Å²) >= 11 is 0. The molecule has 1 amide bonds. The Labute approximate surface area is 180 Å². The number of hydrogen-bond acceptors (Lipinski definition) is 4. The van der Waals surface area contributed by atoms with Gasteiger partial charge in [0.25, 0.3) is 5.91 Å². The van der Waals surface area contributed by atoms with Crippen LogP contribution in [0, 0.1) is 5.82 Å². The second-order valence-electron chi connectivity index (χ2n) is 7.55. The molecule has 2 aromatic carbocycles. The van der Waals surface area contributed by atoms with Crippen LogP contribution in [0.3, 0.4) is 0 Å². The van der Waals surface area contributed by atoms with Gasteiger partial charge in [-0.3, -0.25) is 9.89 Å². The van der Waals surface area contributed by atoms with Gasteiger partial charge in [0.1, 0.15) is 5.82 Å². The van der Waals surface area contributed by atoms with Crippen LogP contribution in [0.1, 0.15) is 34.8 Å². The first-order valence-electron chi connectivity index (χ1n) is 10.00. The predicted octanol–water partition coefficient (Wildman–Crippen LogP) is 3.39. The molecule has 4 rings (SSSR count). The maximum atomic E-state index is 13.2. The van der Waals surface area contributed by atoms with Crippen LogP contribution in [0.2, 0.25) is 0 Å². The lowest BCUT2D eigenvalue weighted by Crippen LogP contribution is -2.39. The number of hydrogen-bond donors (Lipinski definition) is 1.